The third-order valence-corrected chi connectivity index (χ3v) is 3.88. The molecule has 1 saturated heterocycles. The molecule has 23 heavy (non-hydrogen) atoms. The van der Waals surface area contributed by atoms with Crippen molar-refractivity contribution in [1.29, 1.82) is 0 Å². The Labute approximate surface area is 138 Å². The summed E-state index contributed by atoms with van der Waals surface area (Å²) < 4.78 is 10.8. The number of β-amino-alcohol motifs (C(OH)–C–C–N with tert-alkyl or cyclic N) is 1. The van der Waals surface area contributed by atoms with E-state index >= 15 is 0 Å². The average Bonchev–Trinajstić information content (AvgIpc) is 3.18. The first-order valence-corrected chi connectivity index (χ1v) is 7.68. The van der Waals surface area contributed by atoms with Gasteiger partial charge in [-0.25, -0.2) is 4.79 Å². The van der Waals surface area contributed by atoms with Crippen LogP contribution in [0.25, 0.3) is 0 Å². The number of halogens is 1. The number of carbonyl (C=O) groups is 1. The first-order chi connectivity index (χ1) is 11.1. The lowest BCUT2D eigenvalue weighted by molar-refractivity contribution is 0.176. The molecular formula is C16H17ClN2O4. The number of anilines is 1. The summed E-state index contributed by atoms with van der Waals surface area (Å²) in [5.41, 5.74) is 0.576. The standard InChI is InChI=1S/C16H17ClN2O4/c17-14-8-11(18-16(21)19-6-5-12(20)9-19)3-4-15(14)23-10-13-2-1-7-22-13/h1-4,7-8,12,20H,5-6,9-10H2,(H,18,21)/t12-/m0/s1. The van der Waals surface area contributed by atoms with Crippen LogP contribution in [0, 0.1) is 0 Å². The van der Waals surface area contributed by atoms with Crippen LogP contribution in [0.2, 0.25) is 5.02 Å². The molecule has 0 spiro atoms. The predicted molar refractivity (Wildman–Crippen MR) is 85.7 cm³/mol. The van der Waals surface area contributed by atoms with Gasteiger partial charge in [-0.2, -0.15) is 0 Å². The second kappa shape index (κ2) is 6.93. The number of aliphatic hydroxyl groups is 1. The van der Waals surface area contributed by atoms with Gasteiger partial charge in [0.2, 0.25) is 0 Å². The van der Waals surface area contributed by atoms with Gasteiger partial charge < -0.3 is 24.5 Å². The molecule has 1 aromatic heterocycles. The van der Waals surface area contributed by atoms with Crippen molar-refractivity contribution in [3.63, 3.8) is 0 Å². The maximum atomic E-state index is 12.1. The fourth-order valence-corrected chi connectivity index (χ4v) is 2.60. The SMILES string of the molecule is O=C(Nc1ccc(OCc2ccco2)c(Cl)c1)N1CC[C@H](O)C1. The van der Waals surface area contributed by atoms with Gasteiger partial charge in [-0.1, -0.05) is 11.6 Å². The summed E-state index contributed by atoms with van der Waals surface area (Å²) in [6.07, 6.45) is 1.74. The summed E-state index contributed by atoms with van der Waals surface area (Å²) in [5, 5.41) is 12.6. The number of aliphatic hydroxyl groups excluding tert-OH is 1. The van der Waals surface area contributed by atoms with Gasteiger partial charge >= 0.3 is 6.03 Å². The summed E-state index contributed by atoms with van der Waals surface area (Å²) in [4.78, 5) is 13.6. The Hall–Kier alpha value is -2.18. The molecule has 6 nitrogen and oxygen atoms in total. The monoisotopic (exact) mass is 336 g/mol. The Morgan fingerprint density at radius 2 is 2.35 bits per heavy atom. The zero-order chi connectivity index (χ0) is 16.2. The molecule has 0 saturated carbocycles. The van der Waals surface area contributed by atoms with Crippen LogP contribution < -0.4 is 10.1 Å². The Bertz CT molecular complexity index is 675. The summed E-state index contributed by atoms with van der Waals surface area (Å²) in [6.45, 7) is 1.18. The number of carbonyl (C=O) groups excluding carboxylic acids is 1. The highest BCUT2D eigenvalue weighted by atomic mass is 35.5. The number of nitrogens with zero attached hydrogens (tertiary/aromatic N) is 1. The molecule has 1 aromatic carbocycles. The van der Waals surface area contributed by atoms with Crippen molar-refractivity contribution >= 4 is 23.3 Å². The van der Waals surface area contributed by atoms with Crippen LogP contribution in [0.4, 0.5) is 10.5 Å². The lowest BCUT2D eigenvalue weighted by Gasteiger charge is -2.17. The normalized spacial score (nSPS) is 17.3. The highest BCUT2D eigenvalue weighted by Crippen LogP contribution is 2.28. The van der Waals surface area contributed by atoms with E-state index in [-0.39, 0.29) is 12.6 Å². The number of ether oxygens (including phenoxy) is 1. The van der Waals surface area contributed by atoms with E-state index in [2.05, 4.69) is 5.32 Å². The van der Waals surface area contributed by atoms with Crippen molar-refractivity contribution in [2.75, 3.05) is 18.4 Å². The van der Waals surface area contributed by atoms with E-state index in [4.69, 9.17) is 20.8 Å². The number of hydrogen-bond acceptors (Lipinski definition) is 4. The van der Waals surface area contributed by atoms with E-state index in [1.807, 2.05) is 6.07 Å². The molecule has 1 fully saturated rings. The van der Waals surface area contributed by atoms with Gasteiger partial charge in [-0.15, -0.1) is 0 Å². The lowest BCUT2D eigenvalue weighted by atomic mass is 10.3. The van der Waals surface area contributed by atoms with Crippen molar-refractivity contribution in [3.8, 4) is 5.75 Å². The molecule has 0 radical (unpaired) electrons. The minimum Gasteiger partial charge on any atom is -0.484 e. The molecule has 122 valence electrons. The Balaban J connectivity index is 1.59. The van der Waals surface area contributed by atoms with Crippen molar-refractivity contribution in [3.05, 3.63) is 47.4 Å². The van der Waals surface area contributed by atoms with E-state index in [9.17, 15) is 9.90 Å². The Morgan fingerprint density at radius 3 is 3.00 bits per heavy atom. The number of rotatable bonds is 4. The molecule has 3 rings (SSSR count). The van der Waals surface area contributed by atoms with Crippen LogP contribution in [-0.2, 0) is 6.61 Å². The quantitative estimate of drug-likeness (QED) is 0.899. The summed E-state index contributed by atoms with van der Waals surface area (Å²) >= 11 is 6.18. The smallest absolute Gasteiger partial charge is 0.321 e. The highest BCUT2D eigenvalue weighted by Gasteiger charge is 2.24. The number of urea groups is 1. The first kappa shape index (κ1) is 15.7. The average molecular weight is 337 g/mol. The third-order valence-electron chi connectivity index (χ3n) is 3.58. The van der Waals surface area contributed by atoms with Crippen molar-refractivity contribution in [2.45, 2.75) is 19.1 Å². The summed E-state index contributed by atoms with van der Waals surface area (Å²) in [6, 6.07) is 8.39. The van der Waals surface area contributed by atoms with Gasteiger partial charge in [0.05, 0.1) is 17.4 Å². The molecule has 0 aliphatic carbocycles. The van der Waals surface area contributed by atoms with E-state index in [0.29, 0.717) is 41.7 Å². The molecule has 2 aromatic rings. The van der Waals surface area contributed by atoms with Gasteiger partial charge in [0, 0.05) is 18.8 Å². The zero-order valence-corrected chi connectivity index (χ0v) is 13.1. The second-order valence-corrected chi connectivity index (χ2v) is 5.74. The van der Waals surface area contributed by atoms with Gasteiger partial charge in [0.1, 0.15) is 18.1 Å². The Kier molecular flexibility index (Phi) is 4.73. The van der Waals surface area contributed by atoms with Crippen LogP contribution in [-0.4, -0.2) is 35.2 Å². The minimum atomic E-state index is -0.443. The number of furan rings is 1. The second-order valence-electron chi connectivity index (χ2n) is 5.33. The topological polar surface area (TPSA) is 74.9 Å². The summed E-state index contributed by atoms with van der Waals surface area (Å²) in [7, 11) is 0. The summed E-state index contributed by atoms with van der Waals surface area (Å²) in [5.74, 6) is 1.21. The van der Waals surface area contributed by atoms with Crippen LogP contribution in [0.15, 0.2) is 41.0 Å². The first-order valence-electron chi connectivity index (χ1n) is 7.30. The fourth-order valence-electron chi connectivity index (χ4n) is 2.37. The number of amides is 2. The zero-order valence-electron chi connectivity index (χ0n) is 12.4. The molecule has 7 heteroatoms. The van der Waals surface area contributed by atoms with Crippen LogP contribution in [0.1, 0.15) is 12.2 Å². The van der Waals surface area contributed by atoms with Gasteiger partial charge in [0.15, 0.2) is 0 Å². The van der Waals surface area contributed by atoms with E-state index in [0.717, 1.165) is 0 Å². The number of benzene rings is 1. The van der Waals surface area contributed by atoms with Gasteiger partial charge in [-0.05, 0) is 36.8 Å². The fraction of sp³-hybridized carbons (Fsp3) is 0.312. The van der Waals surface area contributed by atoms with Gasteiger partial charge in [0.25, 0.3) is 0 Å². The molecule has 1 aliphatic heterocycles. The maximum Gasteiger partial charge on any atom is 0.321 e. The number of likely N-dealkylation sites (tertiary alicyclic amines) is 1. The highest BCUT2D eigenvalue weighted by molar-refractivity contribution is 6.32. The predicted octanol–water partition coefficient (Wildman–Crippen LogP) is 3.11. The van der Waals surface area contributed by atoms with Crippen molar-refractivity contribution < 1.29 is 19.1 Å². The van der Waals surface area contributed by atoms with E-state index in [1.165, 1.54) is 0 Å². The van der Waals surface area contributed by atoms with Gasteiger partial charge in [-0.3, -0.25) is 0 Å². The number of hydrogen-bond donors (Lipinski definition) is 2. The van der Waals surface area contributed by atoms with Crippen molar-refractivity contribution in [2.24, 2.45) is 0 Å². The molecule has 2 amide bonds. The Morgan fingerprint density at radius 1 is 1.48 bits per heavy atom. The molecule has 2 N–H and O–H groups in total. The molecular weight excluding hydrogens is 320 g/mol. The maximum absolute atomic E-state index is 12.1. The molecule has 1 atom stereocenters. The van der Waals surface area contributed by atoms with E-state index < -0.39 is 6.10 Å². The largest absolute Gasteiger partial charge is 0.484 e. The van der Waals surface area contributed by atoms with Crippen molar-refractivity contribution in [1.82, 2.24) is 4.90 Å². The lowest BCUT2D eigenvalue weighted by Crippen LogP contribution is -2.33. The minimum absolute atomic E-state index is 0.248. The van der Waals surface area contributed by atoms with Crippen LogP contribution in [0.3, 0.4) is 0 Å². The number of nitrogens with one attached hydrogen (secondary N) is 1. The van der Waals surface area contributed by atoms with Crippen LogP contribution in [0.5, 0.6) is 5.75 Å². The third kappa shape index (κ3) is 3.97. The molecule has 1 aliphatic rings. The molecule has 0 unspecified atom stereocenters. The molecule has 0 bridgehead atoms. The van der Waals surface area contributed by atoms with Crippen LogP contribution >= 0.6 is 11.6 Å². The van der Waals surface area contributed by atoms with E-state index in [1.54, 1.807) is 35.4 Å². The molecule has 2 heterocycles.